The molecule has 260 valence electrons. The van der Waals surface area contributed by atoms with E-state index in [2.05, 4.69) is 5.32 Å². The van der Waals surface area contributed by atoms with Crippen LogP contribution in [-0.2, 0) is 23.8 Å². The quantitative estimate of drug-likeness (QED) is 0.386. The molecule has 1 fully saturated rings. The highest BCUT2D eigenvalue weighted by atomic mass is 32.2. The number of carboxylic acids is 1. The highest BCUT2D eigenvalue weighted by molar-refractivity contribution is 7.98. The number of nitrogens with zero attached hydrogens (tertiary/aromatic N) is 4. The number of amides is 4. The van der Waals surface area contributed by atoms with E-state index in [4.69, 9.17) is 14.2 Å². The number of aliphatic carboxylic acids is 1. The molecule has 0 spiro atoms. The van der Waals surface area contributed by atoms with Crippen molar-refractivity contribution in [2.75, 3.05) is 70.9 Å². The number of hydrogen-bond acceptors (Lipinski definition) is 10. The maximum absolute atomic E-state index is 13.2. The minimum absolute atomic E-state index is 0.104. The standard InChI is InChI=1S/C30H55N5O9S/c1-28(2,3)42-25(39)33-14-12-32(21-23(36)31-22(24(37)38)11-20-45-10)13-15-34(26(40)43-29(4,5)6)17-19-35(18-16-33)27(41)44-30(7,8)9/h22H,11-21H2,1-10H3,(H,31,36)(H,37,38). The zero-order valence-electron chi connectivity index (χ0n) is 28.8. The van der Waals surface area contributed by atoms with E-state index in [1.807, 2.05) is 6.26 Å². The van der Waals surface area contributed by atoms with Crippen LogP contribution in [0.2, 0.25) is 0 Å². The SMILES string of the molecule is CSCCC(NC(=O)CN1CCN(C(=O)OC(C)(C)C)CCN(C(=O)OC(C)(C)C)CCN(C(=O)OC(C)(C)C)CC1)C(=O)O. The maximum atomic E-state index is 13.2. The first-order valence-electron chi connectivity index (χ1n) is 15.3. The van der Waals surface area contributed by atoms with Crippen LogP contribution in [0.1, 0.15) is 68.7 Å². The van der Waals surface area contributed by atoms with E-state index in [0.29, 0.717) is 5.75 Å². The summed E-state index contributed by atoms with van der Waals surface area (Å²) in [6, 6.07) is -1.03. The van der Waals surface area contributed by atoms with Gasteiger partial charge in [0.15, 0.2) is 0 Å². The summed E-state index contributed by atoms with van der Waals surface area (Å²) in [6.07, 6.45) is 0.394. The maximum Gasteiger partial charge on any atom is 0.410 e. The molecule has 14 nitrogen and oxygen atoms in total. The molecule has 1 unspecified atom stereocenters. The van der Waals surface area contributed by atoms with Crippen LogP contribution in [0.4, 0.5) is 14.4 Å². The van der Waals surface area contributed by atoms with Crippen molar-refractivity contribution < 1.29 is 43.3 Å². The fourth-order valence-corrected chi connectivity index (χ4v) is 4.55. The molecule has 0 bridgehead atoms. The number of carbonyl (C=O) groups excluding carboxylic acids is 4. The molecule has 0 aliphatic carbocycles. The normalized spacial score (nSPS) is 17.0. The summed E-state index contributed by atoms with van der Waals surface area (Å²) in [7, 11) is 0. The van der Waals surface area contributed by atoms with Crippen LogP contribution in [0.25, 0.3) is 0 Å². The van der Waals surface area contributed by atoms with Crippen LogP contribution in [-0.4, -0.2) is 149 Å². The van der Waals surface area contributed by atoms with Gasteiger partial charge in [-0.05, 0) is 80.7 Å². The van der Waals surface area contributed by atoms with Gasteiger partial charge in [-0.25, -0.2) is 19.2 Å². The van der Waals surface area contributed by atoms with E-state index >= 15 is 0 Å². The molecule has 0 aromatic rings. The average molecular weight is 662 g/mol. The van der Waals surface area contributed by atoms with Gasteiger partial charge in [0.25, 0.3) is 0 Å². The van der Waals surface area contributed by atoms with E-state index < -0.39 is 53.0 Å². The lowest BCUT2D eigenvalue weighted by atomic mass is 10.2. The summed E-state index contributed by atoms with van der Waals surface area (Å²) in [6.45, 7) is 16.8. The third-order valence-electron chi connectivity index (χ3n) is 6.22. The number of rotatable bonds is 7. The van der Waals surface area contributed by atoms with Crippen LogP contribution in [0, 0.1) is 0 Å². The molecule has 4 amide bonds. The number of carbonyl (C=O) groups is 5. The van der Waals surface area contributed by atoms with Crippen molar-refractivity contribution in [1.29, 1.82) is 0 Å². The van der Waals surface area contributed by atoms with Crippen molar-refractivity contribution >= 4 is 41.9 Å². The third-order valence-corrected chi connectivity index (χ3v) is 6.86. The molecule has 0 aromatic carbocycles. The van der Waals surface area contributed by atoms with E-state index in [1.54, 1.807) is 67.2 Å². The summed E-state index contributed by atoms with van der Waals surface area (Å²) in [5.41, 5.74) is -2.28. The molecule has 0 radical (unpaired) electrons. The second kappa shape index (κ2) is 17.7. The van der Waals surface area contributed by atoms with Crippen molar-refractivity contribution in [3.05, 3.63) is 0 Å². The smallest absolute Gasteiger partial charge is 0.410 e. The Morgan fingerprint density at radius 1 is 0.667 bits per heavy atom. The lowest BCUT2D eigenvalue weighted by molar-refractivity contribution is -0.142. The Labute approximate surface area is 272 Å². The number of nitrogens with one attached hydrogen (secondary N) is 1. The van der Waals surface area contributed by atoms with Crippen molar-refractivity contribution in [3.63, 3.8) is 0 Å². The van der Waals surface area contributed by atoms with Crippen LogP contribution in [0.3, 0.4) is 0 Å². The second-order valence-electron chi connectivity index (χ2n) is 13.9. The number of carboxylic acid groups (broad SMARTS) is 1. The molecule has 15 heteroatoms. The Morgan fingerprint density at radius 3 is 1.29 bits per heavy atom. The van der Waals surface area contributed by atoms with Crippen molar-refractivity contribution in [2.24, 2.45) is 0 Å². The molecular formula is C30H55N5O9S. The summed E-state index contributed by atoms with van der Waals surface area (Å²) in [5, 5.41) is 12.2. The van der Waals surface area contributed by atoms with Crippen LogP contribution >= 0.6 is 11.8 Å². The molecule has 0 aromatic heterocycles. The molecule has 2 N–H and O–H groups in total. The summed E-state index contributed by atoms with van der Waals surface area (Å²) < 4.78 is 16.9. The Morgan fingerprint density at radius 2 is 1.00 bits per heavy atom. The molecule has 1 atom stereocenters. The van der Waals surface area contributed by atoms with Gasteiger partial charge in [0.2, 0.25) is 5.91 Å². The van der Waals surface area contributed by atoms with Gasteiger partial charge in [-0.15, -0.1) is 0 Å². The molecule has 45 heavy (non-hydrogen) atoms. The van der Waals surface area contributed by atoms with Crippen molar-refractivity contribution in [3.8, 4) is 0 Å². The van der Waals surface area contributed by atoms with E-state index in [9.17, 15) is 29.1 Å². The minimum Gasteiger partial charge on any atom is -0.480 e. The molecule has 1 aliphatic rings. The van der Waals surface area contributed by atoms with Gasteiger partial charge in [-0.1, -0.05) is 0 Å². The van der Waals surface area contributed by atoms with E-state index in [1.165, 1.54) is 26.5 Å². The fourth-order valence-electron chi connectivity index (χ4n) is 4.08. The lowest BCUT2D eigenvalue weighted by Crippen LogP contribution is -2.53. The first-order chi connectivity index (χ1) is 20.6. The molecule has 1 saturated heterocycles. The Hall–Kier alpha value is -2.94. The van der Waals surface area contributed by atoms with E-state index in [0.717, 1.165) is 0 Å². The Kier molecular flexibility index (Phi) is 15.7. The van der Waals surface area contributed by atoms with E-state index in [-0.39, 0.29) is 65.3 Å². The van der Waals surface area contributed by atoms with Gasteiger partial charge in [0.05, 0.1) is 6.54 Å². The first-order valence-corrected chi connectivity index (χ1v) is 16.7. The first kappa shape index (κ1) is 40.1. The number of thioether (sulfide) groups is 1. The number of hydrogen-bond donors (Lipinski definition) is 2. The molecule has 0 saturated carbocycles. The zero-order valence-corrected chi connectivity index (χ0v) is 29.6. The minimum atomic E-state index is -1.12. The van der Waals surface area contributed by atoms with Crippen LogP contribution < -0.4 is 5.32 Å². The van der Waals surface area contributed by atoms with Crippen molar-refractivity contribution in [2.45, 2.75) is 91.6 Å². The van der Waals surface area contributed by atoms with Gasteiger partial charge in [0.1, 0.15) is 22.8 Å². The average Bonchev–Trinajstić information content (AvgIpc) is 2.84. The van der Waals surface area contributed by atoms with Crippen molar-refractivity contribution in [1.82, 2.24) is 24.9 Å². The lowest BCUT2D eigenvalue weighted by Gasteiger charge is -2.35. The third kappa shape index (κ3) is 17.4. The fraction of sp³-hybridized carbons (Fsp3) is 0.833. The second-order valence-corrected chi connectivity index (χ2v) is 14.9. The zero-order chi connectivity index (χ0) is 34.6. The number of ether oxygens (including phenoxy) is 3. The molecule has 1 aliphatic heterocycles. The Bertz CT molecular complexity index is 963. The monoisotopic (exact) mass is 661 g/mol. The van der Waals surface area contributed by atoms with Gasteiger partial charge in [0, 0.05) is 52.4 Å². The molecular weight excluding hydrogens is 606 g/mol. The largest absolute Gasteiger partial charge is 0.480 e. The van der Waals surface area contributed by atoms with Gasteiger partial charge in [-0.2, -0.15) is 11.8 Å². The highest BCUT2D eigenvalue weighted by Gasteiger charge is 2.30. The topological polar surface area (TPSA) is 158 Å². The highest BCUT2D eigenvalue weighted by Crippen LogP contribution is 2.15. The van der Waals surface area contributed by atoms with Gasteiger partial charge >= 0.3 is 24.2 Å². The van der Waals surface area contributed by atoms with Crippen LogP contribution in [0.5, 0.6) is 0 Å². The van der Waals surface area contributed by atoms with Crippen LogP contribution in [0.15, 0.2) is 0 Å². The molecule has 1 heterocycles. The predicted molar refractivity (Wildman–Crippen MR) is 172 cm³/mol. The van der Waals surface area contributed by atoms with Gasteiger partial charge < -0.3 is 39.3 Å². The summed E-state index contributed by atoms with van der Waals surface area (Å²) >= 11 is 1.48. The predicted octanol–water partition coefficient (Wildman–Crippen LogP) is 3.34. The van der Waals surface area contributed by atoms with Gasteiger partial charge in [-0.3, -0.25) is 9.69 Å². The Balaban J connectivity index is 3.33. The molecule has 1 rings (SSSR count). The summed E-state index contributed by atoms with van der Waals surface area (Å²) in [4.78, 5) is 70.4. The summed E-state index contributed by atoms with van der Waals surface area (Å²) in [5.74, 6) is -1.04.